The molecular weight excluding hydrogens is 300 g/mol. The zero-order valence-electron chi connectivity index (χ0n) is 14.8. The molecule has 0 amide bonds. The summed E-state index contributed by atoms with van der Waals surface area (Å²) in [4.78, 5) is 13.9. The lowest BCUT2D eigenvalue weighted by molar-refractivity contribution is 0.0697. The van der Waals surface area contributed by atoms with Gasteiger partial charge in [-0.2, -0.15) is 0 Å². The molecule has 0 aliphatic carbocycles. The molecule has 0 atom stereocenters. The first-order valence-corrected chi connectivity index (χ1v) is 9.19. The molecule has 1 aliphatic heterocycles. The van der Waals surface area contributed by atoms with Gasteiger partial charge in [-0.3, -0.25) is 0 Å². The second-order valence-electron chi connectivity index (χ2n) is 6.90. The number of rotatable bonds is 7. The van der Waals surface area contributed by atoms with Crippen molar-refractivity contribution in [2.45, 2.75) is 52.5 Å². The molecule has 1 N–H and O–H groups in total. The number of carbonyl (C=O) groups is 1. The lowest BCUT2D eigenvalue weighted by Crippen LogP contribution is -2.22. The molecule has 1 saturated heterocycles. The Hall–Kier alpha value is -1.81. The standard InChI is InChI=1S/C20H28N2O2/c1-3-4-12-22-15(2)17(9-13-21-10-5-6-11-21)18-14-16(20(23)24)7-8-19(18)22/h7-8,14H,3-6,9-13H2,1-2H3,(H,23,24). The first kappa shape index (κ1) is 17.0. The van der Waals surface area contributed by atoms with Crippen LogP contribution in [0.5, 0.6) is 0 Å². The van der Waals surface area contributed by atoms with E-state index in [0.29, 0.717) is 5.56 Å². The molecule has 0 saturated carbocycles. The fraction of sp³-hybridized carbons (Fsp3) is 0.550. The number of aromatic carboxylic acids is 1. The van der Waals surface area contributed by atoms with Crippen LogP contribution in [0.3, 0.4) is 0 Å². The highest BCUT2D eigenvalue weighted by atomic mass is 16.4. The van der Waals surface area contributed by atoms with Gasteiger partial charge in [0.2, 0.25) is 0 Å². The van der Waals surface area contributed by atoms with Crippen LogP contribution in [0.2, 0.25) is 0 Å². The minimum atomic E-state index is -0.846. The number of benzene rings is 1. The summed E-state index contributed by atoms with van der Waals surface area (Å²) in [6, 6.07) is 5.59. The molecule has 1 aliphatic rings. The molecule has 1 fully saturated rings. The van der Waals surface area contributed by atoms with Crippen molar-refractivity contribution in [3.05, 3.63) is 35.0 Å². The van der Waals surface area contributed by atoms with E-state index in [1.54, 1.807) is 6.07 Å². The lowest BCUT2D eigenvalue weighted by Gasteiger charge is -2.14. The highest BCUT2D eigenvalue weighted by molar-refractivity contribution is 5.95. The predicted octanol–water partition coefficient (Wildman–Crippen LogP) is 4.09. The zero-order chi connectivity index (χ0) is 17.1. The first-order valence-electron chi connectivity index (χ1n) is 9.19. The van der Waals surface area contributed by atoms with Crippen molar-refractivity contribution in [2.24, 2.45) is 0 Å². The van der Waals surface area contributed by atoms with E-state index in [0.717, 1.165) is 37.7 Å². The average Bonchev–Trinajstić information content (AvgIpc) is 3.17. The molecule has 4 heteroatoms. The number of aryl methyl sites for hydroxylation is 1. The lowest BCUT2D eigenvalue weighted by atomic mass is 10.1. The number of hydrogen-bond donors (Lipinski definition) is 1. The molecule has 2 heterocycles. The minimum Gasteiger partial charge on any atom is -0.478 e. The van der Waals surface area contributed by atoms with Crippen molar-refractivity contribution in [2.75, 3.05) is 19.6 Å². The van der Waals surface area contributed by atoms with Gasteiger partial charge in [0, 0.05) is 29.7 Å². The minimum absolute atomic E-state index is 0.387. The van der Waals surface area contributed by atoms with Gasteiger partial charge in [-0.25, -0.2) is 4.79 Å². The quantitative estimate of drug-likeness (QED) is 0.833. The van der Waals surface area contributed by atoms with E-state index < -0.39 is 5.97 Å². The van der Waals surface area contributed by atoms with Crippen LogP contribution in [0.4, 0.5) is 0 Å². The van der Waals surface area contributed by atoms with Gasteiger partial charge < -0.3 is 14.6 Å². The van der Waals surface area contributed by atoms with E-state index in [1.807, 2.05) is 12.1 Å². The van der Waals surface area contributed by atoms with Gasteiger partial charge in [-0.15, -0.1) is 0 Å². The molecule has 0 bridgehead atoms. The summed E-state index contributed by atoms with van der Waals surface area (Å²) in [7, 11) is 0. The Balaban J connectivity index is 1.97. The Kier molecular flexibility index (Phi) is 5.24. The Morgan fingerprint density at radius 3 is 2.62 bits per heavy atom. The van der Waals surface area contributed by atoms with Crippen LogP contribution in [0.25, 0.3) is 10.9 Å². The van der Waals surface area contributed by atoms with Gasteiger partial charge in [0.15, 0.2) is 0 Å². The van der Waals surface area contributed by atoms with E-state index in [9.17, 15) is 9.90 Å². The van der Waals surface area contributed by atoms with Crippen LogP contribution >= 0.6 is 0 Å². The highest BCUT2D eigenvalue weighted by Gasteiger charge is 2.18. The summed E-state index contributed by atoms with van der Waals surface area (Å²) in [5.74, 6) is -0.846. The van der Waals surface area contributed by atoms with Crippen molar-refractivity contribution < 1.29 is 9.90 Å². The summed E-state index contributed by atoms with van der Waals surface area (Å²) < 4.78 is 2.38. The SMILES string of the molecule is CCCCn1c(C)c(CCN2CCCC2)c2cc(C(=O)O)ccc21. The Labute approximate surface area is 144 Å². The van der Waals surface area contributed by atoms with E-state index in [-0.39, 0.29) is 0 Å². The van der Waals surface area contributed by atoms with Crippen LogP contribution in [0, 0.1) is 6.92 Å². The maximum absolute atomic E-state index is 11.4. The van der Waals surface area contributed by atoms with Crippen LogP contribution in [0.1, 0.15) is 54.2 Å². The number of fused-ring (bicyclic) bond motifs is 1. The summed E-state index contributed by atoms with van der Waals surface area (Å²) in [6.45, 7) is 8.88. The summed E-state index contributed by atoms with van der Waals surface area (Å²) >= 11 is 0. The van der Waals surface area contributed by atoms with Gasteiger partial charge in [0.1, 0.15) is 0 Å². The zero-order valence-corrected chi connectivity index (χ0v) is 14.8. The van der Waals surface area contributed by atoms with Gasteiger partial charge >= 0.3 is 5.97 Å². The van der Waals surface area contributed by atoms with E-state index in [2.05, 4.69) is 23.3 Å². The highest BCUT2D eigenvalue weighted by Crippen LogP contribution is 2.28. The number of likely N-dealkylation sites (tertiary alicyclic amines) is 1. The third-order valence-corrected chi connectivity index (χ3v) is 5.31. The Morgan fingerprint density at radius 1 is 1.21 bits per heavy atom. The van der Waals surface area contributed by atoms with Crippen LogP contribution in [-0.4, -0.2) is 40.2 Å². The van der Waals surface area contributed by atoms with Crippen molar-refractivity contribution in [3.8, 4) is 0 Å². The van der Waals surface area contributed by atoms with Crippen LogP contribution in [-0.2, 0) is 13.0 Å². The topological polar surface area (TPSA) is 45.5 Å². The molecule has 0 unspecified atom stereocenters. The number of hydrogen-bond acceptors (Lipinski definition) is 2. The fourth-order valence-corrected chi connectivity index (χ4v) is 3.88. The van der Waals surface area contributed by atoms with E-state index >= 15 is 0 Å². The first-order chi connectivity index (χ1) is 11.6. The van der Waals surface area contributed by atoms with Crippen molar-refractivity contribution in [3.63, 3.8) is 0 Å². The van der Waals surface area contributed by atoms with Crippen molar-refractivity contribution in [1.82, 2.24) is 9.47 Å². The summed E-state index contributed by atoms with van der Waals surface area (Å²) in [5, 5.41) is 10.5. The molecule has 1 aromatic carbocycles. The Morgan fingerprint density at radius 2 is 1.96 bits per heavy atom. The maximum atomic E-state index is 11.4. The number of unbranched alkanes of at least 4 members (excludes halogenated alkanes) is 1. The van der Waals surface area contributed by atoms with Crippen LogP contribution < -0.4 is 0 Å². The number of nitrogens with zero attached hydrogens (tertiary/aromatic N) is 2. The van der Waals surface area contributed by atoms with E-state index in [1.165, 1.54) is 42.7 Å². The molecule has 130 valence electrons. The smallest absolute Gasteiger partial charge is 0.335 e. The van der Waals surface area contributed by atoms with Gasteiger partial charge in [-0.05, 0) is 69.5 Å². The predicted molar refractivity (Wildman–Crippen MR) is 97.9 cm³/mol. The second kappa shape index (κ2) is 7.39. The third-order valence-electron chi connectivity index (χ3n) is 5.31. The monoisotopic (exact) mass is 328 g/mol. The molecule has 0 radical (unpaired) electrons. The molecule has 3 rings (SSSR count). The number of carboxylic acid groups (broad SMARTS) is 1. The molecular formula is C20H28N2O2. The van der Waals surface area contributed by atoms with Crippen molar-refractivity contribution >= 4 is 16.9 Å². The fourth-order valence-electron chi connectivity index (χ4n) is 3.88. The second-order valence-corrected chi connectivity index (χ2v) is 6.90. The van der Waals surface area contributed by atoms with E-state index in [4.69, 9.17) is 0 Å². The Bertz CT molecular complexity index is 727. The summed E-state index contributed by atoms with van der Waals surface area (Å²) in [5.41, 5.74) is 4.20. The number of carboxylic acids is 1. The normalized spacial score (nSPS) is 15.4. The molecule has 24 heavy (non-hydrogen) atoms. The average molecular weight is 328 g/mol. The maximum Gasteiger partial charge on any atom is 0.335 e. The molecule has 0 spiro atoms. The molecule has 4 nitrogen and oxygen atoms in total. The van der Waals surface area contributed by atoms with Gasteiger partial charge in [-0.1, -0.05) is 13.3 Å². The van der Waals surface area contributed by atoms with Gasteiger partial charge in [0.05, 0.1) is 5.56 Å². The largest absolute Gasteiger partial charge is 0.478 e. The van der Waals surface area contributed by atoms with Crippen molar-refractivity contribution in [1.29, 1.82) is 0 Å². The van der Waals surface area contributed by atoms with Gasteiger partial charge in [0.25, 0.3) is 0 Å². The third kappa shape index (κ3) is 3.34. The van der Waals surface area contributed by atoms with Crippen LogP contribution in [0.15, 0.2) is 18.2 Å². The summed E-state index contributed by atoms with van der Waals surface area (Å²) in [6.07, 6.45) is 5.93. The molecule has 1 aromatic heterocycles. The molecule has 2 aromatic rings. The number of aromatic nitrogens is 1.